The molecule has 4 heteroatoms. The lowest BCUT2D eigenvalue weighted by Gasteiger charge is -2.35. The number of hydrogen-bond donors (Lipinski definition) is 1. The summed E-state index contributed by atoms with van der Waals surface area (Å²) < 4.78 is 0. The molecule has 0 aromatic heterocycles. The van der Waals surface area contributed by atoms with Gasteiger partial charge in [0.1, 0.15) is 0 Å². The third kappa shape index (κ3) is 2.64. The molecule has 3 nitrogen and oxygen atoms in total. The fraction of sp³-hybridized carbons (Fsp3) is 0.900. The Balaban J connectivity index is 2.58. The van der Waals surface area contributed by atoms with Gasteiger partial charge in [-0.05, 0) is 12.8 Å². The Morgan fingerprint density at radius 2 is 2.21 bits per heavy atom. The maximum Gasteiger partial charge on any atom is 0.240 e. The maximum atomic E-state index is 11.9. The van der Waals surface area contributed by atoms with Gasteiger partial charge in [-0.2, -0.15) is 11.8 Å². The topological polar surface area (TPSA) is 46.3 Å². The molecule has 1 fully saturated rings. The van der Waals surface area contributed by atoms with E-state index in [0.717, 1.165) is 18.1 Å². The van der Waals surface area contributed by atoms with Gasteiger partial charge < -0.3 is 10.6 Å². The van der Waals surface area contributed by atoms with E-state index in [2.05, 4.69) is 6.92 Å². The van der Waals surface area contributed by atoms with Crippen LogP contribution in [0.25, 0.3) is 0 Å². The summed E-state index contributed by atoms with van der Waals surface area (Å²) in [6.45, 7) is 6.93. The Morgan fingerprint density at radius 3 is 2.71 bits per heavy atom. The molecule has 0 saturated carbocycles. The van der Waals surface area contributed by atoms with Gasteiger partial charge in [-0.3, -0.25) is 4.79 Å². The largest absolute Gasteiger partial charge is 0.337 e. The summed E-state index contributed by atoms with van der Waals surface area (Å²) in [6, 6.07) is 0.00611. The van der Waals surface area contributed by atoms with E-state index in [9.17, 15) is 4.79 Å². The number of carbonyl (C=O) groups excluding carboxylic acids is 1. The Kier molecular flexibility index (Phi) is 4.26. The molecule has 0 aromatic carbocycles. The van der Waals surface area contributed by atoms with E-state index in [0.29, 0.717) is 6.04 Å². The van der Waals surface area contributed by atoms with E-state index in [1.54, 1.807) is 0 Å². The third-order valence-corrected chi connectivity index (χ3v) is 3.84. The van der Waals surface area contributed by atoms with Crippen molar-refractivity contribution in [2.24, 2.45) is 11.7 Å². The quantitative estimate of drug-likeness (QED) is 0.747. The minimum absolute atomic E-state index is 0.118. The predicted molar refractivity (Wildman–Crippen MR) is 61.3 cm³/mol. The van der Waals surface area contributed by atoms with Crippen LogP contribution in [0.1, 0.15) is 20.8 Å². The fourth-order valence-corrected chi connectivity index (χ4v) is 2.54. The number of thioether (sulfide) groups is 1. The van der Waals surface area contributed by atoms with Crippen LogP contribution in [0.4, 0.5) is 0 Å². The van der Waals surface area contributed by atoms with Crippen LogP contribution in [-0.4, -0.2) is 40.9 Å². The highest BCUT2D eigenvalue weighted by atomic mass is 32.2. The van der Waals surface area contributed by atoms with Gasteiger partial charge in [0.25, 0.3) is 0 Å². The molecule has 1 rings (SSSR count). The number of rotatable bonds is 2. The van der Waals surface area contributed by atoms with Crippen molar-refractivity contribution in [3.63, 3.8) is 0 Å². The van der Waals surface area contributed by atoms with Crippen molar-refractivity contribution in [3.8, 4) is 0 Å². The van der Waals surface area contributed by atoms with Gasteiger partial charge in [0.15, 0.2) is 0 Å². The van der Waals surface area contributed by atoms with Crippen LogP contribution in [0.5, 0.6) is 0 Å². The molecule has 0 aliphatic carbocycles. The zero-order valence-corrected chi connectivity index (χ0v) is 10.0. The van der Waals surface area contributed by atoms with Gasteiger partial charge in [-0.15, -0.1) is 0 Å². The van der Waals surface area contributed by atoms with Gasteiger partial charge in [0.2, 0.25) is 5.91 Å². The summed E-state index contributed by atoms with van der Waals surface area (Å²) in [5.41, 5.74) is 5.86. The lowest BCUT2D eigenvalue weighted by atomic mass is 10.0. The highest BCUT2D eigenvalue weighted by molar-refractivity contribution is 7.99. The van der Waals surface area contributed by atoms with Crippen molar-refractivity contribution < 1.29 is 4.79 Å². The van der Waals surface area contributed by atoms with Crippen molar-refractivity contribution in [2.45, 2.75) is 32.9 Å². The number of hydrogen-bond acceptors (Lipinski definition) is 3. The third-order valence-electron chi connectivity index (χ3n) is 2.65. The minimum atomic E-state index is -0.333. The molecule has 1 aliphatic rings. The second kappa shape index (κ2) is 5.03. The highest BCUT2D eigenvalue weighted by Crippen LogP contribution is 2.17. The second-order valence-corrected chi connectivity index (χ2v) is 5.38. The Hall–Kier alpha value is -0.220. The molecule has 1 saturated heterocycles. The van der Waals surface area contributed by atoms with E-state index >= 15 is 0 Å². The summed E-state index contributed by atoms with van der Waals surface area (Å²) in [5.74, 6) is 2.43. The molecule has 0 aromatic rings. The number of nitrogens with two attached hydrogens (primary N) is 1. The van der Waals surface area contributed by atoms with Crippen molar-refractivity contribution in [1.29, 1.82) is 0 Å². The first-order valence-electron chi connectivity index (χ1n) is 5.18. The van der Waals surface area contributed by atoms with Crippen LogP contribution < -0.4 is 5.73 Å². The minimum Gasteiger partial charge on any atom is -0.337 e. The molecule has 1 amide bonds. The SMILES string of the molecule is CC(C)[C@H](N)C(=O)N1CCSCC1C. The average molecular weight is 216 g/mol. The molecular formula is C10H20N2OS. The Morgan fingerprint density at radius 1 is 1.57 bits per heavy atom. The first kappa shape index (κ1) is 11.9. The summed E-state index contributed by atoms with van der Waals surface area (Å²) in [5, 5.41) is 0. The smallest absolute Gasteiger partial charge is 0.240 e. The van der Waals surface area contributed by atoms with Crippen LogP contribution in [0.3, 0.4) is 0 Å². The van der Waals surface area contributed by atoms with Crippen molar-refractivity contribution in [1.82, 2.24) is 4.90 Å². The van der Waals surface area contributed by atoms with Gasteiger partial charge in [0.05, 0.1) is 6.04 Å². The molecule has 2 atom stereocenters. The van der Waals surface area contributed by atoms with Gasteiger partial charge in [-0.1, -0.05) is 13.8 Å². The zero-order chi connectivity index (χ0) is 10.7. The van der Waals surface area contributed by atoms with Crippen molar-refractivity contribution >= 4 is 17.7 Å². The Bertz CT molecular complexity index is 208. The second-order valence-electron chi connectivity index (χ2n) is 4.23. The summed E-state index contributed by atoms with van der Waals surface area (Å²) in [7, 11) is 0. The Labute approximate surface area is 90.4 Å². The molecule has 1 aliphatic heterocycles. The number of nitrogens with zero attached hydrogens (tertiary/aromatic N) is 1. The number of carbonyl (C=O) groups is 1. The summed E-state index contributed by atoms with van der Waals surface area (Å²) >= 11 is 1.91. The molecule has 0 spiro atoms. The van der Waals surface area contributed by atoms with E-state index in [4.69, 9.17) is 5.73 Å². The van der Waals surface area contributed by atoms with E-state index in [1.807, 2.05) is 30.5 Å². The van der Waals surface area contributed by atoms with E-state index < -0.39 is 0 Å². The summed E-state index contributed by atoms with van der Waals surface area (Å²) in [4.78, 5) is 13.9. The van der Waals surface area contributed by atoms with Crippen LogP contribution in [-0.2, 0) is 4.79 Å². The first-order chi connectivity index (χ1) is 6.54. The van der Waals surface area contributed by atoms with E-state index in [-0.39, 0.29) is 17.9 Å². The molecule has 0 radical (unpaired) electrons. The average Bonchev–Trinajstić information content (AvgIpc) is 2.16. The van der Waals surface area contributed by atoms with Gasteiger partial charge in [0, 0.05) is 24.1 Å². The standard InChI is InChI=1S/C10H20N2OS/c1-7(2)9(11)10(13)12-4-5-14-6-8(12)3/h7-9H,4-6,11H2,1-3H3/t8?,9-/m0/s1. The lowest BCUT2D eigenvalue weighted by Crippen LogP contribution is -2.52. The normalized spacial score (nSPS) is 25.2. The van der Waals surface area contributed by atoms with Crippen molar-refractivity contribution in [2.75, 3.05) is 18.1 Å². The number of amides is 1. The predicted octanol–water partition coefficient (Wildman–Crippen LogP) is 0.934. The van der Waals surface area contributed by atoms with Crippen LogP contribution in [0.2, 0.25) is 0 Å². The van der Waals surface area contributed by atoms with Crippen LogP contribution >= 0.6 is 11.8 Å². The summed E-state index contributed by atoms with van der Waals surface area (Å²) in [6.07, 6.45) is 0. The van der Waals surface area contributed by atoms with Crippen LogP contribution in [0, 0.1) is 5.92 Å². The molecular weight excluding hydrogens is 196 g/mol. The van der Waals surface area contributed by atoms with Crippen LogP contribution in [0.15, 0.2) is 0 Å². The lowest BCUT2D eigenvalue weighted by molar-refractivity contribution is -0.135. The van der Waals surface area contributed by atoms with E-state index in [1.165, 1.54) is 0 Å². The monoisotopic (exact) mass is 216 g/mol. The molecule has 14 heavy (non-hydrogen) atoms. The fourth-order valence-electron chi connectivity index (χ4n) is 1.53. The molecule has 1 unspecified atom stereocenters. The molecule has 2 N–H and O–H groups in total. The van der Waals surface area contributed by atoms with Gasteiger partial charge >= 0.3 is 0 Å². The van der Waals surface area contributed by atoms with Gasteiger partial charge in [-0.25, -0.2) is 0 Å². The highest BCUT2D eigenvalue weighted by Gasteiger charge is 2.28. The maximum absolute atomic E-state index is 11.9. The molecule has 0 bridgehead atoms. The molecule has 82 valence electrons. The van der Waals surface area contributed by atoms with Crippen molar-refractivity contribution in [3.05, 3.63) is 0 Å². The zero-order valence-electron chi connectivity index (χ0n) is 9.19. The molecule has 1 heterocycles. The first-order valence-corrected chi connectivity index (χ1v) is 6.33.